The lowest BCUT2D eigenvalue weighted by Gasteiger charge is -2.25. The van der Waals surface area contributed by atoms with Crippen LogP contribution >= 0.6 is 0 Å². The van der Waals surface area contributed by atoms with Gasteiger partial charge >= 0.3 is 12.5 Å². The Bertz CT molecular complexity index is 612. The van der Waals surface area contributed by atoms with Crippen molar-refractivity contribution >= 4 is 6.09 Å². The highest BCUT2D eigenvalue weighted by Crippen LogP contribution is 2.52. The largest absolute Gasteiger partial charge is 0.573 e. The molecule has 1 aromatic carbocycles. The van der Waals surface area contributed by atoms with Gasteiger partial charge in [0.2, 0.25) is 0 Å². The Morgan fingerprint density at radius 2 is 2.04 bits per heavy atom. The number of ether oxygens (including phenoxy) is 2. The molecule has 0 spiro atoms. The van der Waals surface area contributed by atoms with Gasteiger partial charge in [0.15, 0.2) is 0 Å². The predicted molar refractivity (Wildman–Crippen MR) is 79.4 cm³/mol. The zero-order chi connectivity index (χ0) is 18.2. The first kappa shape index (κ1) is 18.4. The summed E-state index contributed by atoms with van der Waals surface area (Å²) in [6.07, 6.45) is -5.09. The van der Waals surface area contributed by atoms with Gasteiger partial charge in [-0.25, -0.2) is 4.79 Å². The van der Waals surface area contributed by atoms with E-state index in [9.17, 15) is 23.1 Å². The Labute approximate surface area is 137 Å². The van der Waals surface area contributed by atoms with Gasteiger partial charge in [0.25, 0.3) is 0 Å². The number of rotatable bonds is 4. The van der Waals surface area contributed by atoms with Gasteiger partial charge < -0.3 is 19.9 Å². The van der Waals surface area contributed by atoms with Crippen molar-refractivity contribution < 1.29 is 32.5 Å². The Morgan fingerprint density at radius 1 is 1.38 bits per heavy atom. The van der Waals surface area contributed by atoms with Crippen molar-refractivity contribution in [2.75, 3.05) is 6.61 Å². The lowest BCUT2D eigenvalue weighted by atomic mass is 10.0. The van der Waals surface area contributed by atoms with E-state index in [1.165, 1.54) is 18.2 Å². The third-order valence-corrected chi connectivity index (χ3v) is 3.63. The average molecular weight is 347 g/mol. The molecule has 0 radical (unpaired) electrons. The first-order valence-electron chi connectivity index (χ1n) is 7.43. The highest BCUT2D eigenvalue weighted by atomic mass is 19.4. The van der Waals surface area contributed by atoms with Crippen LogP contribution in [0.25, 0.3) is 0 Å². The molecular formula is C16H20F3NO4. The number of alkyl halides is 3. The maximum atomic E-state index is 12.4. The minimum absolute atomic E-state index is 0.208. The van der Waals surface area contributed by atoms with E-state index < -0.39 is 23.6 Å². The molecule has 24 heavy (non-hydrogen) atoms. The Balaban J connectivity index is 2.22. The van der Waals surface area contributed by atoms with Crippen LogP contribution < -0.4 is 10.1 Å². The van der Waals surface area contributed by atoms with Crippen LogP contribution in [0, 0.1) is 5.92 Å². The summed E-state index contributed by atoms with van der Waals surface area (Å²) in [5, 5.41) is 12.1. The number of hydrogen-bond acceptors (Lipinski definition) is 4. The van der Waals surface area contributed by atoms with Gasteiger partial charge in [-0.3, -0.25) is 0 Å². The van der Waals surface area contributed by atoms with Crippen molar-refractivity contribution in [2.24, 2.45) is 5.92 Å². The van der Waals surface area contributed by atoms with Crippen molar-refractivity contribution in [3.63, 3.8) is 0 Å². The van der Waals surface area contributed by atoms with Crippen molar-refractivity contribution in [3.05, 3.63) is 29.8 Å². The third-order valence-electron chi connectivity index (χ3n) is 3.63. The molecule has 1 aliphatic carbocycles. The Hall–Kier alpha value is -1.96. The molecule has 1 unspecified atom stereocenters. The molecular weight excluding hydrogens is 327 g/mol. The van der Waals surface area contributed by atoms with Gasteiger partial charge in [0.1, 0.15) is 11.4 Å². The van der Waals surface area contributed by atoms with Gasteiger partial charge in [0, 0.05) is 12.5 Å². The van der Waals surface area contributed by atoms with E-state index in [0.717, 1.165) is 0 Å². The number of carbonyl (C=O) groups is 1. The number of halogens is 3. The van der Waals surface area contributed by atoms with Crippen LogP contribution in [0.4, 0.5) is 18.0 Å². The summed E-state index contributed by atoms with van der Waals surface area (Å²) < 4.78 is 46.2. The maximum absolute atomic E-state index is 12.4. The predicted octanol–water partition coefficient (Wildman–Crippen LogP) is 3.32. The average Bonchev–Trinajstić information content (AvgIpc) is 3.09. The molecule has 2 rings (SSSR count). The molecule has 1 amide bonds. The number of aliphatic hydroxyl groups is 1. The number of amides is 1. The molecule has 1 fully saturated rings. The van der Waals surface area contributed by atoms with Gasteiger partial charge in [0.05, 0.1) is 5.54 Å². The summed E-state index contributed by atoms with van der Waals surface area (Å²) in [7, 11) is 0. The van der Waals surface area contributed by atoms with Crippen LogP contribution in [0.3, 0.4) is 0 Å². The number of benzene rings is 1. The fourth-order valence-corrected chi connectivity index (χ4v) is 2.59. The van der Waals surface area contributed by atoms with Crippen LogP contribution in [0.2, 0.25) is 0 Å². The van der Waals surface area contributed by atoms with Gasteiger partial charge in [-0.15, -0.1) is 13.2 Å². The molecule has 0 aromatic heterocycles. The summed E-state index contributed by atoms with van der Waals surface area (Å²) in [6, 6.07) is 5.37. The summed E-state index contributed by atoms with van der Waals surface area (Å²) in [5.41, 5.74) is -1.24. The first-order valence-corrected chi connectivity index (χ1v) is 7.43. The molecule has 1 saturated carbocycles. The summed E-state index contributed by atoms with van der Waals surface area (Å²) in [6.45, 7) is 4.90. The van der Waals surface area contributed by atoms with Gasteiger partial charge in [-0.2, -0.15) is 0 Å². The number of nitrogens with one attached hydrogen (secondary N) is 1. The van der Waals surface area contributed by atoms with Crippen LogP contribution in [0.1, 0.15) is 32.8 Å². The van der Waals surface area contributed by atoms with E-state index in [1.807, 2.05) is 0 Å². The van der Waals surface area contributed by atoms with Crippen molar-refractivity contribution in [2.45, 2.75) is 44.7 Å². The zero-order valence-corrected chi connectivity index (χ0v) is 13.6. The lowest BCUT2D eigenvalue weighted by Crippen LogP contribution is -2.40. The second kappa shape index (κ2) is 6.16. The fourth-order valence-electron chi connectivity index (χ4n) is 2.59. The topological polar surface area (TPSA) is 67.8 Å². The SMILES string of the molecule is CC(C)(C)OC(=O)NC1(c2cccc(OC(F)(F)F)c2)C[C@H]1CO. The van der Waals surface area contributed by atoms with Crippen molar-refractivity contribution in [1.82, 2.24) is 5.32 Å². The first-order chi connectivity index (χ1) is 11.0. The maximum Gasteiger partial charge on any atom is 0.573 e. The van der Waals surface area contributed by atoms with Crippen molar-refractivity contribution in [3.8, 4) is 5.75 Å². The lowest BCUT2D eigenvalue weighted by molar-refractivity contribution is -0.274. The molecule has 1 aliphatic rings. The Morgan fingerprint density at radius 3 is 2.54 bits per heavy atom. The number of alkyl carbamates (subject to hydrolysis) is 1. The summed E-state index contributed by atoms with van der Waals surface area (Å²) in [5.74, 6) is -0.680. The molecule has 2 N–H and O–H groups in total. The molecule has 2 atom stereocenters. The monoisotopic (exact) mass is 347 g/mol. The summed E-state index contributed by atoms with van der Waals surface area (Å²) in [4.78, 5) is 12.0. The van der Waals surface area contributed by atoms with Crippen LogP contribution in [0.5, 0.6) is 5.75 Å². The molecule has 0 bridgehead atoms. The van der Waals surface area contributed by atoms with Crippen LogP contribution in [-0.4, -0.2) is 29.8 Å². The van der Waals surface area contributed by atoms with E-state index in [-0.39, 0.29) is 18.3 Å². The molecule has 0 aliphatic heterocycles. The molecule has 0 saturated heterocycles. The highest BCUT2D eigenvalue weighted by molar-refractivity contribution is 5.70. The molecule has 8 heteroatoms. The second-order valence-electron chi connectivity index (χ2n) is 6.76. The van der Waals surface area contributed by atoms with Crippen LogP contribution in [0.15, 0.2) is 24.3 Å². The number of carbonyl (C=O) groups excluding carboxylic acids is 1. The van der Waals surface area contributed by atoms with E-state index in [4.69, 9.17) is 4.74 Å². The fraction of sp³-hybridized carbons (Fsp3) is 0.562. The molecule has 134 valence electrons. The summed E-state index contributed by atoms with van der Waals surface area (Å²) >= 11 is 0. The Kier molecular flexibility index (Phi) is 4.72. The van der Waals surface area contributed by atoms with Gasteiger partial charge in [-0.1, -0.05) is 12.1 Å². The minimum Gasteiger partial charge on any atom is -0.444 e. The van der Waals surface area contributed by atoms with E-state index in [1.54, 1.807) is 26.8 Å². The second-order valence-corrected chi connectivity index (χ2v) is 6.76. The molecule has 1 aromatic rings. The van der Waals surface area contributed by atoms with E-state index in [0.29, 0.717) is 12.0 Å². The van der Waals surface area contributed by atoms with Crippen molar-refractivity contribution in [1.29, 1.82) is 0 Å². The van der Waals surface area contributed by atoms with E-state index >= 15 is 0 Å². The number of aliphatic hydroxyl groups excluding tert-OH is 1. The van der Waals surface area contributed by atoms with Gasteiger partial charge in [-0.05, 0) is 44.9 Å². The normalized spacial score (nSPS) is 23.5. The molecule has 0 heterocycles. The molecule has 5 nitrogen and oxygen atoms in total. The smallest absolute Gasteiger partial charge is 0.444 e. The van der Waals surface area contributed by atoms with Crippen LogP contribution in [-0.2, 0) is 10.3 Å². The minimum atomic E-state index is -4.80. The standard InChI is InChI=1S/C16H20F3NO4/c1-14(2,3)24-13(22)20-15(8-11(15)9-21)10-5-4-6-12(7-10)23-16(17,18)19/h4-7,11,21H,8-9H2,1-3H3,(H,20,22)/t11-,15?/m0/s1. The third kappa shape index (κ3) is 4.53. The number of hydrogen-bond donors (Lipinski definition) is 2. The quantitative estimate of drug-likeness (QED) is 0.877. The zero-order valence-electron chi connectivity index (χ0n) is 13.6. The highest BCUT2D eigenvalue weighted by Gasteiger charge is 2.57. The van der Waals surface area contributed by atoms with E-state index in [2.05, 4.69) is 10.1 Å².